The molecule has 0 aromatic heterocycles. The minimum absolute atomic E-state index is 0.162. The minimum atomic E-state index is -0.903. The van der Waals surface area contributed by atoms with Crippen molar-refractivity contribution in [3.8, 4) is 0 Å². The maximum Gasteiger partial charge on any atom is 0.0852 e. The Morgan fingerprint density at radius 3 is 2.50 bits per heavy atom. The first-order valence-corrected chi connectivity index (χ1v) is 3.57. The van der Waals surface area contributed by atoms with Gasteiger partial charge in [-0.15, -0.1) is 0 Å². The molecule has 2 nitrogen and oxygen atoms in total. The molecule has 0 spiro atoms. The van der Waals surface area contributed by atoms with Gasteiger partial charge in [0.2, 0.25) is 0 Å². The highest BCUT2D eigenvalue weighted by molar-refractivity contribution is 4.81. The largest absolute Gasteiger partial charge is 0.393 e. The lowest BCUT2D eigenvalue weighted by molar-refractivity contribution is -0.00421. The van der Waals surface area contributed by atoms with E-state index >= 15 is 0 Å². The Hall–Kier alpha value is -0.340. The topological polar surface area (TPSA) is 40.5 Å². The number of rotatable bonds is 4. The smallest absolute Gasteiger partial charge is 0.0852 e. The van der Waals surface area contributed by atoms with Crippen LogP contribution in [-0.2, 0) is 0 Å². The van der Waals surface area contributed by atoms with E-state index in [9.17, 15) is 5.11 Å². The summed E-state index contributed by atoms with van der Waals surface area (Å²) in [5, 5.41) is 17.9. The Labute approximate surface area is 62.2 Å². The van der Waals surface area contributed by atoms with Crippen molar-refractivity contribution < 1.29 is 10.2 Å². The fourth-order valence-corrected chi connectivity index (χ4v) is 0.640. The van der Waals surface area contributed by atoms with Crippen LogP contribution in [0, 0.1) is 0 Å². The molecule has 0 saturated heterocycles. The summed E-state index contributed by atoms with van der Waals surface area (Å²) in [4.78, 5) is 0. The van der Waals surface area contributed by atoms with Crippen LogP contribution in [0.2, 0.25) is 0 Å². The molecule has 2 N–H and O–H groups in total. The van der Waals surface area contributed by atoms with E-state index in [4.69, 9.17) is 5.11 Å². The Morgan fingerprint density at radius 2 is 2.10 bits per heavy atom. The molecule has 1 atom stereocenters. The molecular formula is C8H16O2. The summed E-state index contributed by atoms with van der Waals surface area (Å²) in [6.07, 6.45) is 5.36. The first kappa shape index (κ1) is 9.66. The van der Waals surface area contributed by atoms with E-state index in [0.29, 0.717) is 6.42 Å². The highest BCUT2D eigenvalue weighted by atomic mass is 16.3. The number of allylic oxidation sites excluding steroid dienone is 2. The van der Waals surface area contributed by atoms with E-state index < -0.39 is 5.60 Å². The quantitative estimate of drug-likeness (QED) is 0.580. The molecule has 2 heteroatoms. The Bertz CT molecular complexity index is 106. The molecule has 10 heavy (non-hydrogen) atoms. The lowest BCUT2D eigenvalue weighted by atomic mass is 10.0. The molecule has 0 aliphatic rings. The number of aliphatic hydroxyl groups excluding tert-OH is 1. The van der Waals surface area contributed by atoms with E-state index in [1.54, 1.807) is 6.92 Å². The van der Waals surface area contributed by atoms with Crippen molar-refractivity contribution in [2.24, 2.45) is 0 Å². The van der Waals surface area contributed by atoms with Gasteiger partial charge in [0.05, 0.1) is 12.2 Å². The molecule has 0 rings (SSSR count). The Morgan fingerprint density at radius 1 is 1.50 bits per heavy atom. The normalized spacial score (nSPS) is 17.6. The average molecular weight is 144 g/mol. The van der Waals surface area contributed by atoms with Crippen LogP contribution in [0.5, 0.6) is 0 Å². The van der Waals surface area contributed by atoms with Gasteiger partial charge in [-0.25, -0.2) is 0 Å². The monoisotopic (exact) mass is 144 g/mol. The summed E-state index contributed by atoms with van der Waals surface area (Å²) in [5.74, 6) is 0. The van der Waals surface area contributed by atoms with Crippen molar-refractivity contribution >= 4 is 0 Å². The van der Waals surface area contributed by atoms with Crippen LogP contribution in [0.3, 0.4) is 0 Å². The van der Waals surface area contributed by atoms with Gasteiger partial charge in [0.25, 0.3) is 0 Å². The van der Waals surface area contributed by atoms with E-state index in [0.717, 1.165) is 6.42 Å². The molecule has 60 valence electrons. The fourth-order valence-electron chi connectivity index (χ4n) is 0.640. The summed E-state index contributed by atoms with van der Waals surface area (Å²) in [6, 6.07) is 0. The third-order valence-corrected chi connectivity index (χ3v) is 1.43. The summed E-state index contributed by atoms with van der Waals surface area (Å²) in [7, 11) is 0. The van der Waals surface area contributed by atoms with Crippen LogP contribution in [0.1, 0.15) is 26.7 Å². The van der Waals surface area contributed by atoms with E-state index in [2.05, 4.69) is 0 Å². The number of hydrogen-bond acceptors (Lipinski definition) is 2. The van der Waals surface area contributed by atoms with Gasteiger partial charge in [-0.05, 0) is 26.7 Å². The van der Waals surface area contributed by atoms with Gasteiger partial charge in [0, 0.05) is 0 Å². The van der Waals surface area contributed by atoms with Crippen molar-refractivity contribution in [1.29, 1.82) is 0 Å². The van der Waals surface area contributed by atoms with Crippen LogP contribution in [0.15, 0.2) is 12.2 Å². The second kappa shape index (κ2) is 4.47. The predicted molar refractivity (Wildman–Crippen MR) is 41.8 cm³/mol. The highest BCUT2D eigenvalue weighted by Crippen LogP contribution is 2.10. The molecule has 0 bridgehead atoms. The maximum atomic E-state index is 9.27. The molecule has 0 aromatic rings. The van der Waals surface area contributed by atoms with Gasteiger partial charge >= 0.3 is 0 Å². The average Bonchev–Trinajstić information content (AvgIpc) is 1.89. The molecule has 1 unspecified atom stereocenters. The van der Waals surface area contributed by atoms with Crippen molar-refractivity contribution in [3.63, 3.8) is 0 Å². The molecular weight excluding hydrogens is 128 g/mol. The zero-order valence-corrected chi connectivity index (χ0v) is 6.67. The van der Waals surface area contributed by atoms with Gasteiger partial charge in [-0.3, -0.25) is 0 Å². The zero-order valence-electron chi connectivity index (χ0n) is 6.67. The molecule has 0 aliphatic heterocycles. The first-order valence-electron chi connectivity index (χ1n) is 3.57. The molecule has 0 fully saturated rings. The van der Waals surface area contributed by atoms with Crippen molar-refractivity contribution in [2.75, 3.05) is 6.61 Å². The van der Waals surface area contributed by atoms with Crippen molar-refractivity contribution in [3.05, 3.63) is 12.2 Å². The standard InChI is InChI=1S/C8H16O2/c1-3-4-5-6-8(2,10)7-9/h3-4,9-10H,5-7H2,1-2H3/b4-3+. The van der Waals surface area contributed by atoms with Gasteiger partial charge in [-0.1, -0.05) is 12.2 Å². The van der Waals surface area contributed by atoms with Crippen molar-refractivity contribution in [1.82, 2.24) is 0 Å². The fraction of sp³-hybridized carbons (Fsp3) is 0.750. The van der Waals surface area contributed by atoms with Crippen LogP contribution >= 0.6 is 0 Å². The Kier molecular flexibility index (Phi) is 4.32. The minimum Gasteiger partial charge on any atom is -0.393 e. The Balaban J connectivity index is 3.46. The van der Waals surface area contributed by atoms with Crippen LogP contribution in [-0.4, -0.2) is 22.4 Å². The maximum absolute atomic E-state index is 9.27. The van der Waals surface area contributed by atoms with Crippen molar-refractivity contribution in [2.45, 2.75) is 32.3 Å². The van der Waals surface area contributed by atoms with Gasteiger partial charge in [-0.2, -0.15) is 0 Å². The van der Waals surface area contributed by atoms with Gasteiger partial charge in [0.15, 0.2) is 0 Å². The summed E-state index contributed by atoms with van der Waals surface area (Å²) < 4.78 is 0. The SMILES string of the molecule is C/C=C/CCC(C)(O)CO. The third-order valence-electron chi connectivity index (χ3n) is 1.43. The van der Waals surface area contributed by atoms with E-state index in [-0.39, 0.29) is 6.61 Å². The molecule has 0 radical (unpaired) electrons. The van der Waals surface area contributed by atoms with Gasteiger partial charge in [0.1, 0.15) is 0 Å². The van der Waals surface area contributed by atoms with Crippen LogP contribution < -0.4 is 0 Å². The van der Waals surface area contributed by atoms with Gasteiger partial charge < -0.3 is 10.2 Å². The van der Waals surface area contributed by atoms with Crippen LogP contribution in [0.4, 0.5) is 0 Å². The third kappa shape index (κ3) is 4.53. The molecule has 0 aliphatic carbocycles. The van der Waals surface area contributed by atoms with Crippen LogP contribution in [0.25, 0.3) is 0 Å². The zero-order chi connectivity index (χ0) is 8.04. The first-order chi connectivity index (χ1) is 4.62. The highest BCUT2D eigenvalue weighted by Gasteiger charge is 2.16. The van der Waals surface area contributed by atoms with E-state index in [1.807, 2.05) is 19.1 Å². The summed E-state index contributed by atoms with van der Waals surface area (Å²) >= 11 is 0. The predicted octanol–water partition coefficient (Wildman–Crippen LogP) is 1.09. The summed E-state index contributed by atoms with van der Waals surface area (Å²) in [6.45, 7) is 3.41. The number of aliphatic hydroxyl groups is 2. The summed E-state index contributed by atoms with van der Waals surface area (Å²) in [5.41, 5.74) is -0.903. The second-order valence-corrected chi connectivity index (χ2v) is 2.76. The molecule has 0 amide bonds. The molecule has 0 saturated carbocycles. The van der Waals surface area contributed by atoms with E-state index in [1.165, 1.54) is 0 Å². The molecule has 0 heterocycles. The lowest BCUT2D eigenvalue weighted by Crippen LogP contribution is -2.28. The number of hydrogen-bond donors (Lipinski definition) is 2. The molecule has 0 aromatic carbocycles. The second-order valence-electron chi connectivity index (χ2n) is 2.76. The lowest BCUT2D eigenvalue weighted by Gasteiger charge is -2.18.